The Morgan fingerprint density at radius 2 is 1.70 bits per heavy atom. The topological polar surface area (TPSA) is 73.0 Å². The summed E-state index contributed by atoms with van der Waals surface area (Å²) in [7, 11) is 0. The van der Waals surface area contributed by atoms with Gasteiger partial charge in [0.1, 0.15) is 6.04 Å². The molecule has 0 unspecified atom stereocenters. The average molecular weight is 553 g/mol. The summed E-state index contributed by atoms with van der Waals surface area (Å²) in [6, 6.07) is 11.4. The fourth-order valence-electron chi connectivity index (χ4n) is 5.82. The zero-order valence-corrected chi connectivity index (χ0v) is 22.0. The zero-order chi connectivity index (χ0) is 28.4. The molecular formula is C30H31F3N4O3. The first kappa shape index (κ1) is 27.5. The lowest BCUT2D eigenvalue weighted by Crippen LogP contribution is -2.52. The number of amides is 4. The van der Waals surface area contributed by atoms with Crippen LogP contribution in [0, 0.1) is 0 Å². The van der Waals surface area contributed by atoms with Gasteiger partial charge in [0.05, 0.1) is 29.4 Å². The van der Waals surface area contributed by atoms with Gasteiger partial charge in [0.2, 0.25) is 5.91 Å². The molecule has 1 saturated heterocycles. The van der Waals surface area contributed by atoms with Crippen LogP contribution in [-0.2, 0) is 22.2 Å². The summed E-state index contributed by atoms with van der Waals surface area (Å²) in [4.78, 5) is 45.8. The number of rotatable bonds is 7. The van der Waals surface area contributed by atoms with Crippen LogP contribution in [0.3, 0.4) is 0 Å². The van der Waals surface area contributed by atoms with Gasteiger partial charge < -0.3 is 15.1 Å². The molecule has 0 aliphatic carbocycles. The number of halogens is 3. The molecular weight excluding hydrogens is 521 g/mol. The number of likely N-dealkylation sites (tertiary alicyclic amines) is 1. The normalized spacial score (nSPS) is 20.4. The lowest BCUT2D eigenvalue weighted by molar-refractivity contribution is -0.143. The predicted octanol–water partition coefficient (Wildman–Crippen LogP) is 4.68. The van der Waals surface area contributed by atoms with Gasteiger partial charge in [-0.2, -0.15) is 13.2 Å². The van der Waals surface area contributed by atoms with E-state index < -0.39 is 35.8 Å². The van der Waals surface area contributed by atoms with Crippen molar-refractivity contribution >= 4 is 17.8 Å². The van der Waals surface area contributed by atoms with Crippen molar-refractivity contribution < 1.29 is 27.6 Å². The van der Waals surface area contributed by atoms with E-state index in [-0.39, 0.29) is 36.6 Å². The van der Waals surface area contributed by atoms with Gasteiger partial charge in [-0.3, -0.25) is 14.5 Å². The molecule has 2 aromatic rings. The molecule has 3 aliphatic heterocycles. The molecule has 0 spiro atoms. The summed E-state index contributed by atoms with van der Waals surface area (Å²) in [6.07, 6.45) is -0.197. The van der Waals surface area contributed by atoms with E-state index >= 15 is 0 Å². The van der Waals surface area contributed by atoms with Crippen LogP contribution >= 0.6 is 0 Å². The van der Waals surface area contributed by atoms with E-state index in [9.17, 15) is 27.6 Å². The molecule has 7 nitrogen and oxygen atoms in total. The molecule has 2 atom stereocenters. The average Bonchev–Trinajstić information content (AvgIpc) is 3.30. The first-order chi connectivity index (χ1) is 19.2. The van der Waals surface area contributed by atoms with Gasteiger partial charge in [-0.15, -0.1) is 6.58 Å². The predicted molar refractivity (Wildman–Crippen MR) is 143 cm³/mol. The van der Waals surface area contributed by atoms with E-state index in [1.54, 1.807) is 4.90 Å². The van der Waals surface area contributed by atoms with E-state index in [4.69, 9.17) is 0 Å². The molecule has 5 rings (SSSR count). The molecule has 0 radical (unpaired) electrons. The molecule has 3 heterocycles. The number of carbonyl (C=O) groups excluding carboxylic acids is 3. The molecule has 1 N–H and O–H groups in total. The van der Waals surface area contributed by atoms with Crippen molar-refractivity contribution in [3.05, 3.63) is 95.2 Å². The van der Waals surface area contributed by atoms with Crippen LogP contribution in [-0.4, -0.2) is 64.8 Å². The highest BCUT2D eigenvalue weighted by Crippen LogP contribution is 2.42. The molecule has 1 fully saturated rings. The second kappa shape index (κ2) is 11.2. The molecule has 4 amide bonds. The lowest BCUT2D eigenvalue weighted by Gasteiger charge is -2.35. The standard InChI is InChI=1S/C30H31F3N4O3/c1-2-15-36-24-19-37(23(18-20-11-5-3-6-12-20)27(38)35-16-9-4-10-17-35)28(39)25(24)26(34-29(36)40)21-13-7-8-14-22(21)30(31,32)33/h2-3,5-8,11-14,23,26H,1,4,9-10,15-19H2,(H,34,40)/t23-,26-/m0/s1. The first-order valence-corrected chi connectivity index (χ1v) is 13.4. The van der Waals surface area contributed by atoms with Crippen molar-refractivity contribution in [1.82, 2.24) is 20.0 Å². The van der Waals surface area contributed by atoms with Crippen molar-refractivity contribution in [2.45, 2.75) is 43.9 Å². The minimum atomic E-state index is -4.69. The molecule has 210 valence electrons. The summed E-state index contributed by atoms with van der Waals surface area (Å²) in [5, 5.41) is 2.62. The monoisotopic (exact) mass is 552 g/mol. The van der Waals surface area contributed by atoms with Gasteiger partial charge in [-0.1, -0.05) is 54.6 Å². The second-order valence-corrected chi connectivity index (χ2v) is 10.3. The van der Waals surface area contributed by atoms with Crippen LogP contribution in [0.4, 0.5) is 18.0 Å². The molecule has 3 aliphatic rings. The number of piperidine rings is 1. The third-order valence-corrected chi connectivity index (χ3v) is 7.74. The van der Waals surface area contributed by atoms with Crippen LogP contribution < -0.4 is 5.32 Å². The minimum absolute atomic E-state index is 0.0441. The lowest BCUT2D eigenvalue weighted by atomic mass is 9.91. The number of benzene rings is 2. The Hall–Kier alpha value is -4.08. The summed E-state index contributed by atoms with van der Waals surface area (Å²) in [6.45, 7) is 4.85. The maximum absolute atomic E-state index is 14.2. The van der Waals surface area contributed by atoms with Crippen molar-refractivity contribution in [1.29, 1.82) is 0 Å². The SMILES string of the molecule is C=CCN1C(=O)N[C@@H](c2ccccc2C(F)(F)F)C2=C1CN([C@@H](Cc1ccccc1)C(=O)N1CCCCC1)C2=O. The van der Waals surface area contributed by atoms with E-state index in [1.807, 2.05) is 30.3 Å². The smallest absolute Gasteiger partial charge is 0.341 e. The minimum Gasteiger partial charge on any atom is -0.341 e. The Labute approximate surface area is 230 Å². The number of urea groups is 1. The fraction of sp³-hybridized carbons (Fsp3) is 0.367. The van der Waals surface area contributed by atoms with Crippen molar-refractivity contribution in [3.63, 3.8) is 0 Å². The molecule has 0 saturated carbocycles. The number of hydrogen-bond donors (Lipinski definition) is 1. The van der Waals surface area contributed by atoms with E-state index in [2.05, 4.69) is 11.9 Å². The highest BCUT2D eigenvalue weighted by atomic mass is 19.4. The fourth-order valence-corrected chi connectivity index (χ4v) is 5.82. The number of hydrogen-bond acceptors (Lipinski definition) is 3. The molecule has 0 bridgehead atoms. The third kappa shape index (κ3) is 5.22. The van der Waals surface area contributed by atoms with Gasteiger partial charge in [0.25, 0.3) is 5.91 Å². The maximum atomic E-state index is 14.2. The quantitative estimate of drug-likeness (QED) is 0.508. The van der Waals surface area contributed by atoms with Crippen LogP contribution in [0.15, 0.2) is 78.5 Å². The second-order valence-electron chi connectivity index (χ2n) is 10.3. The molecule has 0 aromatic heterocycles. The number of nitrogens with zero attached hydrogens (tertiary/aromatic N) is 3. The van der Waals surface area contributed by atoms with Crippen molar-refractivity contribution in [2.24, 2.45) is 0 Å². The molecule has 40 heavy (non-hydrogen) atoms. The van der Waals surface area contributed by atoms with Gasteiger partial charge in [0, 0.05) is 26.1 Å². The Balaban J connectivity index is 1.57. The van der Waals surface area contributed by atoms with Crippen molar-refractivity contribution in [3.8, 4) is 0 Å². The summed E-state index contributed by atoms with van der Waals surface area (Å²) in [5.74, 6) is -0.754. The Morgan fingerprint density at radius 3 is 2.38 bits per heavy atom. The van der Waals surface area contributed by atoms with E-state index in [0.29, 0.717) is 18.8 Å². The Morgan fingerprint density at radius 1 is 1.02 bits per heavy atom. The first-order valence-electron chi connectivity index (χ1n) is 13.4. The summed E-state index contributed by atoms with van der Waals surface area (Å²) < 4.78 is 42.0. The highest BCUT2D eigenvalue weighted by Gasteiger charge is 2.49. The molecule has 2 aromatic carbocycles. The van der Waals surface area contributed by atoms with Crippen molar-refractivity contribution in [2.75, 3.05) is 26.2 Å². The Bertz CT molecular complexity index is 1340. The Kier molecular flexibility index (Phi) is 7.69. The van der Waals surface area contributed by atoms with E-state index in [1.165, 1.54) is 34.1 Å². The van der Waals surface area contributed by atoms with Gasteiger partial charge in [-0.25, -0.2) is 4.79 Å². The highest BCUT2D eigenvalue weighted by molar-refractivity contribution is 6.03. The van der Waals surface area contributed by atoms with Crippen LogP contribution in [0.1, 0.15) is 42.0 Å². The largest absolute Gasteiger partial charge is 0.416 e. The number of nitrogens with one attached hydrogen (secondary N) is 1. The van der Waals surface area contributed by atoms with Crippen LogP contribution in [0.25, 0.3) is 0 Å². The third-order valence-electron chi connectivity index (χ3n) is 7.74. The van der Waals surface area contributed by atoms with Gasteiger partial charge >= 0.3 is 12.2 Å². The number of carbonyl (C=O) groups is 3. The summed E-state index contributed by atoms with van der Waals surface area (Å²) in [5.41, 5.74) is 0.0431. The number of alkyl halides is 3. The van der Waals surface area contributed by atoms with Crippen LogP contribution in [0.2, 0.25) is 0 Å². The van der Waals surface area contributed by atoms with Gasteiger partial charge in [0.15, 0.2) is 0 Å². The van der Waals surface area contributed by atoms with Crippen LogP contribution in [0.5, 0.6) is 0 Å². The maximum Gasteiger partial charge on any atom is 0.416 e. The summed E-state index contributed by atoms with van der Waals surface area (Å²) >= 11 is 0. The van der Waals surface area contributed by atoms with Gasteiger partial charge in [-0.05, 0) is 36.5 Å². The molecule has 10 heteroatoms. The zero-order valence-electron chi connectivity index (χ0n) is 22.0. The van der Waals surface area contributed by atoms with E-state index in [0.717, 1.165) is 30.9 Å².